The molecule has 0 heterocycles. The fraction of sp³-hybridized carbons (Fsp3) is 0.467. The monoisotopic (exact) mass is 295 g/mol. The molecule has 2 N–H and O–H groups in total. The number of amides is 1. The second-order valence-corrected chi connectivity index (χ2v) is 5.66. The predicted octanol–water partition coefficient (Wildman–Crippen LogP) is 2.97. The van der Waals surface area contributed by atoms with E-state index in [4.69, 9.17) is 14.7 Å². The molecule has 0 radical (unpaired) electrons. The molecule has 1 aromatic carbocycles. The molecule has 0 aliphatic heterocycles. The summed E-state index contributed by atoms with van der Waals surface area (Å²) < 4.78 is 5.04. The lowest BCUT2D eigenvalue weighted by atomic mass is 10.0. The molecule has 1 unspecified atom stereocenters. The van der Waals surface area contributed by atoms with Crippen molar-refractivity contribution in [2.75, 3.05) is 0 Å². The van der Waals surface area contributed by atoms with Crippen LogP contribution >= 0.6 is 0 Å². The van der Waals surface area contributed by atoms with Crippen molar-refractivity contribution >= 4 is 12.1 Å². The van der Waals surface area contributed by atoms with Crippen molar-refractivity contribution in [2.45, 2.75) is 45.8 Å². The molecule has 0 spiro atoms. The summed E-state index contributed by atoms with van der Waals surface area (Å²) in [4.78, 5) is 27.7. The SMILES string of the molecule is Cc1ccccc1C(CC(=O)O)ONC(=O)OC(C)(C)C. The zero-order valence-electron chi connectivity index (χ0n) is 12.7. The fourth-order valence-corrected chi connectivity index (χ4v) is 1.74. The minimum Gasteiger partial charge on any atom is -0.481 e. The van der Waals surface area contributed by atoms with E-state index in [9.17, 15) is 9.59 Å². The van der Waals surface area contributed by atoms with Crippen LogP contribution in [0.4, 0.5) is 4.79 Å². The number of carbonyl (C=O) groups is 2. The molecule has 0 aliphatic rings. The summed E-state index contributed by atoms with van der Waals surface area (Å²) in [5.74, 6) is -1.02. The van der Waals surface area contributed by atoms with Crippen LogP contribution in [0.1, 0.15) is 44.4 Å². The van der Waals surface area contributed by atoms with Gasteiger partial charge in [0.05, 0.1) is 6.42 Å². The number of aryl methyl sites for hydroxylation is 1. The van der Waals surface area contributed by atoms with Crippen molar-refractivity contribution < 1.29 is 24.3 Å². The molecule has 1 aromatic rings. The average molecular weight is 295 g/mol. The predicted molar refractivity (Wildman–Crippen MR) is 76.6 cm³/mol. The normalized spacial score (nSPS) is 12.6. The Balaban J connectivity index is 2.74. The van der Waals surface area contributed by atoms with Gasteiger partial charge in [-0.05, 0) is 38.8 Å². The highest BCUT2D eigenvalue weighted by Crippen LogP contribution is 2.23. The van der Waals surface area contributed by atoms with Gasteiger partial charge in [-0.15, -0.1) is 0 Å². The largest absolute Gasteiger partial charge is 0.481 e. The van der Waals surface area contributed by atoms with Crippen LogP contribution in [0.25, 0.3) is 0 Å². The summed E-state index contributed by atoms with van der Waals surface area (Å²) in [6.07, 6.45) is -1.80. The number of carbonyl (C=O) groups excluding carboxylic acids is 1. The summed E-state index contributed by atoms with van der Waals surface area (Å²) in [6.45, 7) is 7.02. The van der Waals surface area contributed by atoms with Gasteiger partial charge in [0.2, 0.25) is 0 Å². The van der Waals surface area contributed by atoms with Gasteiger partial charge in [-0.1, -0.05) is 24.3 Å². The third-order valence-electron chi connectivity index (χ3n) is 2.58. The number of ether oxygens (including phenoxy) is 1. The molecule has 0 saturated heterocycles. The number of nitrogens with one attached hydrogen (secondary N) is 1. The Morgan fingerprint density at radius 1 is 1.29 bits per heavy atom. The van der Waals surface area contributed by atoms with Crippen molar-refractivity contribution in [3.05, 3.63) is 35.4 Å². The third kappa shape index (κ3) is 6.27. The highest BCUT2D eigenvalue weighted by Gasteiger charge is 2.22. The van der Waals surface area contributed by atoms with E-state index in [-0.39, 0.29) is 6.42 Å². The van der Waals surface area contributed by atoms with E-state index in [1.807, 2.05) is 19.1 Å². The molecule has 0 aliphatic carbocycles. The van der Waals surface area contributed by atoms with Gasteiger partial charge in [-0.3, -0.25) is 9.63 Å². The Bertz CT molecular complexity index is 507. The van der Waals surface area contributed by atoms with E-state index < -0.39 is 23.8 Å². The van der Waals surface area contributed by atoms with Crippen LogP contribution in [0.15, 0.2) is 24.3 Å². The molecule has 1 rings (SSSR count). The summed E-state index contributed by atoms with van der Waals surface area (Å²) in [5.41, 5.74) is 3.08. The molecule has 6 heteroatoms. The average Bonchev–Trinajstić information content (AvgIpc) is 2.32. The van der Waals surface area contributed by atoms with E-state index in [1.165, 1.54) is 0 Å². The molecule has 21 heavy (non-hydrogen) atoms. The number of hydrogen-bond acceptors (Lipinski definition) is 4. The van der Waals surface area contributed by atoms with Gasteiger partial charge in [0.1, 0.15) is 11.7 Å². The lowest BCUT2D eigenvalue weighted by Crippen LogP contribution is -2.34. The van der Waals surface area contributed by atoms with Gasteiger partial charge in [-0.25, -0.2) is 4.79 Å². The Kier molecular flexibility index (Phi) is 5.72. The van der Waals surface area contributed by atoms with Crippen molar-refractivity contribution in [3.63, 3.8) is 0 Å². The minimum atomic E-state index is -1.02. The van der Waals surface area contributed by atoms with Crippen LogP contribution in [-0.4, -0.2) is 22.8 Å². The van der Waals surface area contributed by atoms with Crippen LogP contribution < -0.4 is 5.48 Å². The second-order valence-electron chi connectivity index (χ2n) is 5.66. The molecule has 1 atom stereocenters. The molecule has 0 aromatic heterocycles. The molecule has 6 nitrogen and oxygen atoms in total. The zero-order valence-corrected chi connectivity index (χ0v) is 12.7. The van der Waals surface area contributed by atoms with Crippen molar-refractivity contribution in [1.82, 2.24) is 5.48 Å². The summed E-state index contributed by atoms with van der Waals surface area (Å²) >= 11 is 0. The van der Waals surface area contributed by atoms with Crippen molar-refractivity contribution in [1.29, 1.82) is 0 Å². The van der Waals surface area contributed by atoms with Crippen molar-refractivity contribution in [3.8, 4) is 0 Å². The minimum absolute atomic E-state index is 0.263. The van der Waals surface area contributed by atoms with E-state index >= 15 is 0 Å². The van der Waals surface area contributed by atoms with E-state index in [0.29, 0.717) is 5.56 Å². The van der Waals surface area contributed by atoms with Gasteiger partial charge >= 0.3 is 12.1 Å². The lowest BCUT2D eigenvalue weighted by molar-refractivity contribution is -0.142. The van der Waals surface area contributed by atoms with Gasteiger partial charge in [0.15, 0.2) is 0 Å². The highest BCUT2D eigenvalue weighted by atomic mass is 16.7. The zero-order chi connectivity index (χ0) is 16.0. The van der Waals surface area contributed by atoms with Crippen LogP contribution in [0.3, 0.4) is 0 Å². The first-order valence-electron chi connectivity index (χ1n) is 6.61. The topological polar surface area (TPSA) is 84.9 Å². The Morgan fingerprint density at radius 3 is 2.43 bits per heavy atom. The summed E-state index contributed by atoms with van der Waals surface area (Å²) in [5, 5.41) is 8.96. The number of rotatable bonds is 5. The lowest BCUT2D eigenvalue weighted by Gasteiger charge is -2.22. The molecule has 1 amide bonds. The van der Waals surface area contributed by atoms with Gasteiger partial charge in [0.25, 0.3) is 0 Å². The highest BCUT2D eigenvalue weighted by molar-refractivity contribution is 5.68. The van der Waals surface area contributed by atoms with Crippen LogP contribution in [0.2, 0.25) is 0 Å². The number of carboxylic acids is 1. The first-order chi connectivity index (χ1) is 9.69. The standard InChI is InChI=1S/C15H21NO5/c1-10-7-5-6-8-11(10)12(9-13(17)18)21-16-14(19)20-15(2,3)4/h5-8,12H,9H2,1-4H3,(H,16,19)(H,17,18). The molecular weight excluding hydrogens is 274 g/mol. The molecule has 0 bridgehead atoms. The maximum atomic E-state index is 11.6. The first-order valence-corrected chi connectivity index (χ1v) is 6.61. The smallest absolute Gasteiger partial charge is 0.431 e. The van der Waals surface area contributed by atoms with E-state index in [2.05, 4.69) is 5.48 Å². The number of hydroxylamine groups is 1. The first kappa shape index (κ1) is 17.0. The van der Waals surface area contributed by atoms with Crippen LogP contribution in [0, 0.1) is 6.92 Å². The van der Waals surface area contributed by atoms with E-state index in [1.54, 1.807) is 32.9 Å². The van der Waals surface area contributed by atoms with Gasteiger partial charge in [-0.2, -0.15) is 5.48 Å². The van der Waals surface area contributed by atoms with Crippen LogP contribution in [-0.2, 0) is 14.4 Å². The van der Waals surface area contributed by atoms with Crippen molar-refractivity contribution in [2.24, 2.45) is 0 Å². The van der Waals surface area contributed by atoms with Gasteiger partial charge in [0, 0.05) is 0 Å². The maximum absolute atomic E-state index is 11.6. The number of aliphatic carboxylic acids is 1. The quantitative estimate of drug-likeness (QED) is 0.816. The number of carboxylic acid groups (broad SMARTS) is 1. The summed E-state index contributed by atoms with van der Waals surface area (Å²) in [7, 11) is 0. The fourth-order valence-electron chi connectivity index (χ4n) is 1.74. The number of hydrogen-bond donors (Lipinski definition) is 2. The molecule has 0 saturated carbocycles. The Hall–Kier alpha value is -2.08. The molecule has 116 valence electrons. The van der Waals surface area contributed by atoms with E-state index in [0.717, 1.165) is 5.56 Å². The molecule has 0 fully saturated rings. The Morgan fingerprint density at radius 2 is 1.90 bits per heavy atom. The number of benzene rings is 1. The molecular formula is C15H21NO5. The second kappa shape index (κ2) is 7.08. The third-order valence-corrected chi connectivity index (χ3v) is 2.58. The maximum Gasteiger partial charge on any atom is 0.431 e. The Labute approximate surface area is 124 Å². The summed E-state index contributed by atoms with van der Waals surface area (Å²) in [6, 6.07) is 7.24. The van der Waals surface area contributed by atoms with Crippen LogP contribution in [0.5, 0.6) is 0 Å². The van der Waals surface area contributed by atoms with Gasteiger partial charge < -0.3 is 9.84 Å².